The number of aromatic nitrogens is 2. The summed E-state index contributed by atoms with van der Waals surface area (Å²) in [5, 5.41) is 15.2. The van der Waals surface area contributed by atoms with Crippen molar-refractivity contribution < 1.29 is 14.3 Å². The number of anilines is 2. The number of ether oxygens (including phenoxy) is 2. The number of carbonyl (C=O) groups excluding carboxylic acids is 1. The Labute approximate surface area is 175 Å². The Bertz CT molecular complexity index is 976. The van der Waals surface area contributed by atoms with Crippen molar-refractivity contribution in [2.45, 2.75) is 6.54 Å². The quantitative estimate of drug-likeness (QED) is 0.554. The van der Waals surface area contributed by atoms with Crippen LogP contribution in [0.3, 0.4) is 0 Å². The zero-order valence-corrected chi connectivity index (χ0v) is 17.3. The lowest BCUT2D eigenvalue weighted by Gasteiger charge is -2.09. The molecule has 10 heteroatoms. The van der Waals surface area contributed by atoms with Crippen molar-refractivity contribution in [3.63, 3.8) is 0 Å². The monoisotopic (exact) mass is 438 g/mol. The van der Waals surface area contributed by atoms with Crippen molar-refractivity contribution in [1.29, 1.82) is 0 Å². The van der Waals surface area contributed by atoms with Crippen LogP contribution in [-0.4, -0.2) is 30.3 Å². The molecule has 0 aliphatic heterocycles. The maximum Gasteiger partial charge on any atom is 0.260 e. The Morgan fingerprint density at radius 2 is 1.71 bits per heavy atom. The molecule has 0 saturated heterocycles. The number of nitrogens with zero attached hydrogens (tertiary/aromatic N) is 2. The van der Waals surface area contributed by atoms with E-state index in [1.165, 1.54) is 11.3 Å². The molecule has 1 heterocycles. The predicted octanol–water partition coefficient (Wildman–Crippen LogP) is 4.73. The standard InChI is InChI=1S/C18H16Cl2N4O3S/c1-26-13-7-6-10(8-14(13)27-2)9-21-17-23-24-18(28-17)22-16(25)15-11(19)4-3-5-12(15)20/h3-8H,9H2,1-2H3,(H,21,23)(H,22,24,25). The molecule has 3 rings (SSSR count). The number of rotatable bonds is 7. The van der Waals surface area contributed by atoms with Gasteiger partial charge in [0, 0.05) is 6.54 Å². The van der Waals surface area contributed by atoms with E-state index < -0.39 is 5.91 Å². The van der Waals surface area contributed by atoms with Crippen LogP contribution in [0.25, 0.3) is 0 Å². The van der Waals surface area contributed by atoms with Crippen molar-refractivity contribution in [2.75, 3.05) is 24.9 Å². The summed E-state index contributed by atoms with van der Waals surface area (Å²) in [6, 6.07) is 10.5. The first-order chi connectivity index (χ1) is 13.5. The smallest absolute Gasteiger partial charge is 0.260 e. The molecule has 0 unspecified atom stereocenters. The van der Waals surface area contributed by atoms with Crippen LogP contribution in [-0.2, 0) is 6.54 Å². The molecule has 1 aromatic heterocycles. The average Bonchev–Trinajstić information content (AvgIpc) is 3.13. The third-order valence-electron chi connectivity index (χ3n) is 3.73. The topological polar surface area (TPSA) is 85.4 Å². The summed E-state index contributed by atoms with van der Waals surface area (Å²) in [5.74, 6) is 0.854. The van der Waals surface area contributed by atoms with Crippen LogP contribution < -0.4 is 20.1 Å². The number of nitrogens with one attached hydrogen (secondary N) is 2. The molecule has 7 nitrogen and oxygen atoms in total. The number of carbonyl (C=O) groups is 1. The van der Waals surface area contributed by atoms with E-state index >= 15 is 0 Å². The Hall–Kier alpha value is -2.55. The van der Waals surface area contributed by atoms with E-state index in [2.05, 4.69) is 20.8 Å². The molecule has 0 spiro atoms. The van der Waals surface area contributed by atoms with E-state index in [9.17, 15) is 4.79 Å². The number of amides is 1. The highest BCUT2D eigenvalue weighted by Gasteiger charge is 2.16. The molecule has 3 aromatic rings. The second-order valence-corrected chi connectivity index (χ2v) is 7.30. The summed E-state index contributed by atoms with van der Waals surface area (Å²) in [6.45, 7) is 0.499. The van der Waals surface area contributed by atoms with E-state index in [-0.39, 0.29) is 15.6 Å². The van der Waals surface area contributed by atoms with Gasteiger partial charge in [0.2, 0.25) is 10.3 Å². The normalized spacial score (nSPS) is 10.4. The molecule has 2 aromatic carbocycles. The lowest BCUT2D eigenvalue weighted by Crippen LogP contribution is -2.12. The fraction of sp³-hybridized carbons (Fsp3) is 0.167. The molecule has 0 saturated carbocycles. The summed E-state index contributed by atoms with van der Waals surface area (Å²) in [6.07, 6.45) is 0. The third-order valence-corrected chi connectivity index (χ3v) is 5.15. The molecule has 146 valence electrons. The maximum absolute atomic E-state index is 12.4. The molecule has 0 aliphatic carbocycles. The summed E-state index contributed by atoms with van der Waals surface area (Å²) in [5.41, 5.74) is 1.17. The van der Waals surface area contributed by atoms with Gasteiger partial charge in [0.1, 0.15) is 0 Å². The van der Waals surface area contributed by atoms with Gasteiger partial charge < -0.3 is 14.8 Å². The first kappa shape index (κ1) is 20.2. The van der Waals surface area contributed by atoms with Crippen LogP contribution in [0, 0.1) is 0 Å². The molecule has 0 radical (unpaired) electrons. The minimum absolute atomic E-state index is 0.195. The van der Waals surface area contributed by atoms with Gasteiger partial charge in [-0.3, -0.25) is 10.1 Å². The van der Waals surface area contributed by atoms with Gasteiger partial charge in [-0.2, -0.15) is 0 Å². The zero-order valence-electron chi connectivity index (χ0n) is 15.0. The third kappa shape index (κ3) is 4.64. The van der Waals surface area contributed by atoms with Crippen LogP contribution in [0.1, 0.15) is 15.9 Å². The number of hydrogen-bond donors (Lipinski definition) is 2. The van der Waals surface area contributed by atoms with Crippen molar-refractivity contribution >= 4 is 50.7 Å². The molecule has 0 bridgehead atoms. The highest BCUT2D eigenvalue weighted by molar-refractivity contribution is 7.19. The van der Waals surface area contributed by atoms with Gasteiger partial charge in [0.25, 0.3) is 5.91 Å². The number of hydrogen-bond acceptors (Lipinski definition) is 7. The van der Waals surface area contributed by atoms with E-state index in [1.807, 2.05) is 18.2 Å². The van der Waals surface area contributed by atoms with Gasteiger partial charge in [0.05, 0.1) is 29.8 Å². The average molecular weight is 439 g/mol. The van der Waals surface area contributed by atoms with Crippen molar-refractivity contribution in [1.82, 2.24) is 10.2 Å². The van der Waals surface area contributed by atoms with Gasteiger partial charge >= 0.3 is 0 Å². The SMILES string of the molecule is COc1ccc(CNc2nnc(NC(=O)c3c(Cl)cccc3Cl)s2)cc1OC. The first-order valence-electron chi connectivity index (χ1n) is 8.05. The van der Waals surface area contributed by atoms with Crippen LogP contribution >= 0.6 is 34.5 Å². The van der Waals surface area contributed by atoms with Crippen LogP contribution in [0.4, 0.5) is 10.3 Å². The Kier molecular flexibility index (Phi) is 6.56. The maximum atomic E-state index is 12.4. The van der Waals surface area contributed by atoms with E-state index in [0.717, 1.165) is 5.56 Å². The molecular weight excluding hydrogens is 423 g/mol. The summed E-state index contributed by atoms with van der Waals surface area (Å²) < 4.78 is 10.5. The van der Waals surface area contributed by atoms with Crippen molar-refractivity contribution in [3.05, 3.63) is 57.6 Å². The van der Waals surface area contributed by atoms with Crippen molar-refractivity contribution in [2.24, 2.45) is 0 Å². The molecule has 0 fully saturated rings. The summed E-state index contributed by atoms with van der Waals surface area (Å²) in [4.78, 5) is 12.4. The molecule has 0 aliphatic rings. The van der Waals surface area contributed by atoms with Gasteiger partial charge in [-0.05, 0) is 29.8 Å². The Morgan fingerprint density at radius 1 is 1.04 bits per heavy atom. The number of halogens is 2. The first-order valence-corrected chi connectivity index (χ1v) is 9.62. The lowest BCUT2D eigenvalue weighted by molar-refractivity contribution is 0.102. The molecule has 2 N–H and O–H groups in total. The van der Waals surface area contributed by atoms with Gasteiger partial charge in [-0.1, -0.05) is 46.7 Å². The predicted molar refractivity (Wildman–Crippen MR) is 111 cm³/mol. The second-order valence-electron chi connectivity index (χ2n) is 5.51. The molecular formula is C18H16Cl2N4O3S. The highest BCUT2D eigenvalue weighted by Crippen LogP contribution is 2.29. The Morgan fingerprint density at radius 3 is 2.39 bits per heavy atom. The number of methoxy groups -OCH3 is 2. The minimum atomic E-state index is -0.446. The van der Waals surface area contributed by atoms with Crippen LogP contribution in [0.15, 0.2) is 36.4 Å². The zero-order chi connectivity index (χ0) is 20.1. The van der Waals surface area contributed by atoms with Crippen LogP contribution in [0.5, 0.6) is 11.5 Å². The van der Waals surface area contributed by atoms with Gasteiger partial charge in [-0.15, -0.1) is 10.2 Å². The fourth-order valence-corrected chi connectivity index (χ4v) is 3.59. The fourth-order valence-electron chi connectivity index (χ4n) is 2.39. The van der Waals surface area contributed by atoms with E-state index in [0.29, 0.717) is 28.3 Å². The molecule has 28 heavy (non-hydrogen) atoms. The van der Waals surface area contributed by atoms with Crippen LogP contribution in [0.2, 0.25) is 10.0 Å². The van der Waals surface area contributed by atoms with E-state index in [1.54, 1.807) is 32.4 Å². The lowest BCUT2D eigenvalue weighted by atomic mass is 10.2. The summed E-state index contributed by atoms with van der Waals surface area (Å²) in [7, 11) is 3.17. The molecule has 1 amide bonds. The minimum Gasteiger partial charge on any atom is -0.493 e. The van der Waals surface area contributed by atoms with Crippen molar-refractivity contribution in [3.8, 4) is 11.5 Å². The largest absolute Gasteiger partial charge is 0.493 e. The van der Waals surface area contributed by atoms with Gasteiger partial charge in [-0.25, -0.2) is 0 Å². The number of benzene rings is 2. The summed E-state index contributed by atoms with van der Waals surface area (Å²) >= 11 is 13.3. The van der Waals surface area contributed by atoms with Gasteiger partial charge in [0.15, 0.2) is 11.5 Å². The Balaban J connectivity index is 1.64. The van der Waals surface area contributed by atoms with E-state index in [4.69, 9.17) is 32.7 Å². The molecule has 0 atom stereocenters. The highest BCUT2D eigenvalue weighted by atomic mass is 35.5. The second kappa shape index (κ2) is 9.09.